The fraction of sp³-hybridized carbons (Fsp3) is 0.364. The average Bonchev–Trinajstić information content (AvgIpc) is 2.72. The molecule has 0 aliphatic rings. The van der Waals surface area contributed by atoms with Gasteiger partial charge in [0.15, 0.2) is 0 Å². The second-order valence-corrected chi connectivity index (χ2v) is 4.35. The van der Waals surface area contributed by atoms with Gasteiger partial charge in [-0.3, -0.25) is 4.90 Å². The molecule has 2 rings (SSSR count). The molecule has 0 fully saturated rings. The molecule has 5 heteroatoms. The van der Waals surface area contributed by atoms with E-state index in [1.165, 1.54) is 11.5 Å². The Hall–Kier alpha value is -1.01. The third-order valence-electron chi connectivity index (χ3n) is 2.53. The first kappa shape index (κ1) is 11.5. The summed E-state index contributed by atoms with van der Waals surface area (Å²) in [5.74, 6) is 0. The van der Waals surface area contributed by atoms with Crippen molar-refractivity contribution in [1.82, 2.24) is 4.37 Å². The van der Waals surface area contributed by atoms with Crippen molar-refractivity contribution in [3.8, 4) is 0 Å². The predicted molar refractivity (Wildman–Crippen MR) is 64.1 cm³/mol. The van der Waals surface area contributed by atoms with Gasteiger partial charge in [-0.1, -0.05) is 12.1 Å². The van der Waals surface area contributed by atoms with Gasteiger partial charge in [0, 0.05) is 11.5 Å². The molecule has 1 aromatic carbocycles. The fourth-order valence-corrected chi connectivity index (χ4v) is 2.72. The summed E-state index contributed by atoms with van der Waals surface area (Å²) in [5.41, 5.74) is 0.982. The van der Waals surface area contributed by atoms with Crippen molar-refractivity contribution >= 4 is 27.4 Å². The maximum atomic E-state index is 9.02. The Morgan fingerprint density at radius 2 is 1.81 bits per heavy atom. The van der Waals surface area contributed by atoms with Crippen molar-refractivity contribution in [3.63, 3.8) is 0 Å². The molecule has 1 aromatic heterocycles. The Morgan fingerprint density at radius 3 is 2.50 bits per heavy atom. The van der Waals surface area contributed by atoms with Crippen molar-refractivity contribution in [2.24, 2.45) is 0 Å². The Balaban J connectivity index is 2.36. The zero-order valence-corrected chi connectivity index (χ0v) is 9.70. The molecular formula is C11H15N2O2S+. The van der Waals surface area contributed by atoms with Crippen molar-refractivity contribution < 1.29 is 15.1 Å². The summed E-state index contributed by atoms with van der Waals surface area (Å²) in [6.45, 7) is 1.43. The molecule has 16 heavy (non-hydrogen) atoms. The van der Waals surface area contributed by atoms with Crippen LogP contribution in [-0.2, 0) is 0 Å². The summed E-state index contributed by atoms with van der Waals surface area (Å²) in [4.78, 5) is 1.09. The molecular weight excluding hydrogens is 224 g/mol. The SMILES string of the molecule is OCC[NH+](CCO)c1snc2ccccc12. The van der Waals surface area contributed by atoms with Gasteiger partial charge < -0.3 is 10.2 Å². The van der Waals surface area contributed by atoms with E-state index in [0.29, 0.717) is 13.1 Å². The lowest BCUT2D eigenvalue weighted by atomic mass is 10.2. The zero-order chi connectivity index (χ0) is 11.4. The van der Waals surface area contributed by atoms with Crippen LogP contribution in [0.2, 0.25) is 0 Å². The molecule has 0 bridgehead atoms. The molecule has 0 aliphatic carbocycles. The van der Waals surface area contributed by atoms with Gasteiger partial charge in [-0.2, -0.15) is 4.37 Å². The van der Waals surface area contributed by atoms with Gasteiger partial charge >= 0.3 is 0 Å². The van der Waals surface area contributed by atoms with Crippen LogP contribution in [0, 0.1) is 0 Å². The van der Waals surface area contributed by atoms with E-state index in [2.05, 4.69) is 4.37 Å². The number of rotatable bonds is 5. The second kappa shape index (κ2) is 5.36. The summed E-state index contributed by atoms with van der Waals surface area (Å²) < 4.78 is 4.36. The molecule has 0 saturated carbocycles. The van der Waals surface area contributed by atoms with E-state index in [-0.39, 0.29) is 13.2 Å². The largest absolute Gasteiger partial charge is 0.390 e. The number of fused-ring (bicyclic) bond motifs is 1. The zero-order valence-electron chi connectivity index (χ0n) is 8.89. The summed E-state index contributed by atoms with van der Waals surface area (Å²) in [5, 5.41) is 20.2. The lowest BCUT2D eigenvalue weighted by molar-refractivity contribution is -0.830. The van der Waals surface area contributed by atoms with Gasteiger partial charge in [0.1, 0.15) is 13.1 Å². The minimum atomic E-state index is 0.113. The lowest BCUT2D eigenvalue weighted by Crippen LogP contribution is -3.08. The Labute approximate surface area is 97.9 Å². The van der Waals surface area contributed by atoms with Crippen LogP contribution >= 0.6 is 11.5 Å². The number of quaternary nitrogens is 1. The van der Waals surface area contributed by atoms with Crippen LogP contribution < -0.4 is 4.90 Å². The number of nitrogens with one attached hydrogen (secondary N) is 1. The van der Waals surface area contributed by atoms with E-state index >= 15 is 0 Å². The standard InChI is InChI=1S/C11H14N2O2S/c14-7-5-13(6-8-15)11-9-3-1-2-4-10(9)12-16-11/h1-4,14-15H,5-8H2/p+1. The van der Waals surface area contributed by atoms with Gasteiger partial charge in [0.2, 0.25) is 5.00 Å². The number of aliphatic hydroxyl groups excluding tert-OH is 2. The molecule has 4 nitrogen and oxygen atoms in total. The topological polar surface area (TPSA) is 57.8 Å². The maximum absolute atomic E-state index is 9.02. The third-order valence-corrected chi connectivity index (χ3v) is 3.51. The second-order valence-electron chi connectivity index (χ2n) is 3.58. The molecule has 0 atom stereocenters. The molecule has 0 saturated heterocycles. The van der Waals surface area contributed by atoms with E-state index in [0.717, 1.165) is 20.8 Å². The lowest BCUT2D eigenvalue weighted by Gasteiger charge is -2.14. The number of hydrogen-bond acceptors (Lipinski definition) is 4. The van der Waals surface area contributed by atoms with E-state index in [9.17, 15) is 0 Å². The van der Waals surface area contributed by atoms with E-state index in [1.54, 1.807) is 0 Å². The predicted octanol–water partition coefficient (Wildman–Crippen LogP) is -0.203. The third kappa shape index (κ3) is 2.22. The van der Waals surface area contributed by atoms with Gasteiger partial charge in [-0.05, 0) is 12.1 Å². The number of aromatic nitrogens is 1. The smallest absolute Gasteiger partial charge is 0.214 e. The highest BCUT2D eigenvalue weighted by atomic mass is 32.1. The molecule has 0 aliphatic heterocycles. The average molecular weight is 239 g/mol. The van der Waals surface area contributed by atoms with Crippen molar-refractivity contribution in [2.45, 2.75) is 0 Å². The Morgan fingerprint density at radius 1 is 1.12 bits per heavy atom. The number of aliphatic hydroxyl groups is 2. The quantitative estimate of drug-likeness (QED) is 0.677. The van der Waals surface area contributed by atoms with Gasteiger partial charge in [0.05, 0.1) is 24.1 Å². The van der Waals surface area contributed by atoms with Crippen LogP contribution in [-0.4, -0.2) is 40.9 Å². The van der Waals surface area contributed by atoms with Gasteiger partial charge in [-0.15, -0.1) is 0 Å². The molecule has 2 aromatic rings. The highest BCUT2D eigenvalue weighted by Gasteiger charge is 2.17. The molecule has 1 heterocycles. The van der Waals surface area contributed by atoms with Crippen LogP contribution in [0.1, 0.15) is 0 Å². The number of hydrogen-bond donors (Lipinski definition) is 3. The fourth-order valence-electron chi connectivity index (χ4n) is 1.77. The summed E-state index contributed by atoms with van der Waals surface area (Å²) in [6, 6.07) is 7.95. The van der Waals surface area contributed by atoms with Crippen LogP contribution in [0.15, 0.2) is 24.3 Å². The van der Waals surface area contributed by atoms with Crippen LogP contribution in [0.4, 0.5) is 5.00 Å². The first-order valence-electron chi connectivity index (χ1n) is 5.28. The first-order chi connectivity index (χ1) is 7.86. The minimum Gasteiger partial charge on any atom is -0.390 e. The van der Waals surface area contributed by atoms with Crippen molar-refractivity contribution in [2.75, 3.05) is 26.3 Å². The maximum Gasteiger partial charge on any atom is 0.214 e. The van der Waals surface area contributed by atoms with E-state index in [1.807, 2.05) is 24.3 Å². The van der Waals surface area contributed by atoms with Crippen LogP contribution in [0.3, 0.4) is 0 Å². The Kier molecular flexibility index (Phi) is 3.84. The normalized spacial score (nSPS) is 11.4. The van der Waals surface area contributed by atoms with Crippen LogP contribution in [0.25, 0.3) is 10.9 Å². The Bertz CT molecular complexity index is 452. The molecule has 0 radical (unpaired) electrons. The molecule has 0 amide bonds. The van der Waals surface area contributed by atoms with E-state index in [4.69, 9.17) is 10.2 Å². The minimum absolute atomic E-state index is 0.113. The number of benzene rings is 1. The summed E-state index contributed by atoms with van der Waals surface area (Å²) in [6.07, 6.45) is 0. The highest BCUT2D eigenvalue weighted by Crippen LogP contribution is 2.23. The molecule has 0 spiro atoms. The molecule has 86 valence electrons. The number of nitrogens with zero attached hydrogens (tertiary/aromatic N) is 1. The van der Waals surface area contributed by atoms with Crippen molar-refractivity contribution in [1.29, 1.82) is 0 Å². The molecule has 0 unspecified atom stereocenters. The monoisotopic (exact) mass is 239 g/mol. The summed E-state index contributed by atoms with van der Waals surface area (Å²) >= 11 is 1.44. The van der Waals surface area contributed by atoms with E-state index < -0.39 is 0 Å². The first-order valence-corrected chi connectivity index (χ1v) is 6.05. The highest BCUT2D eigenvalue weighted by molar-refractivity contribution is 7.10. The van der Waals surface area contributed by atoms with Gasteiger partial charge in [-0.25, -0.2) is 0 Å². The van der Waals surface area contributed by atoms with Crippen molar-refractivity contribution in [3.05, 3.63) is 24.3 Å². The van der Waals surface area contributed by atoms with Gasteiger partial charge in [0.25, 0.3) is 0 Å². The summed E-state index contributed by atoms with van der Waals surface area (Å²) in [7, 11) is 0. The van der Waals surface area contributed by atoms with Crippen LogP contribution in [0.5, 0.6) is 0 Å². The molecule has 3 N–H and O–H groups in total.